The van der Waals surface area contributed by atoms with Crippen LogP contribution in [0.25, 0.3) is 0 Å². The van der Waals surface area contributed by atoms with Crippen LogP contribution in [0.1, 0.15) is 11.4 Å². The quantitative estimate of drug-likeness (QED) is 0.752. The molecule has 0 aliphatic carbocycles. The third kappa shape index (κ3) is 3.53. The van der Waals surface area contributed by atoms with Crippen LogP contribution in [0.4, 0.5) is 5.69 Å². The summed E-state index contributed by atoms with van der Waals surface area (Å²) in [4.78, 5) is 25.6. The van der Waals surface area contributed by atoms with Gasteiger partial charge in [0.25, 0.3) is 0 Å². The van der Waals surface area contributed by atoms with Crippen molar-refractivity contribution < 1.29 is 14.7 Å². The fourth-order valence-electron chi connectivity index (χ4n) is 1.14. The molecular weight excluding hydrogens is 208 g/mol. The lowest BCUT2D eigenvalue weighted by Gasteiger charge is -2.05. The van der Waals surface area contributed by atoms with E-state index < -0.39 is 11.9 Å². The molecule has 0 aliphatic rings. The van der Waals surface area contributed by atoms with Gasteiger partial charge in [0, 0.05) is 17.8 Å². The molecule has 0 aliphatic heterocycles. The summed E-state index contributed by atoms with van der Waals surface area (Å²) < 4.78 is 0. The standard InChI is InChI=1S/C11H12N2O3/c1-7-3-4-9(8(2)12-7)13-10(14)5-6-11(15)16/h3-6H,1-2H3,(H,13,14)(H,15,16). The van der Waals surface area contributed by atoms with Crippen molar-refractivity contribution in [2.45, 2.75) is 13.8 Å². The summed E-state index contributed by atoms with van der Waals surface area (Å²) in [6, 6.07) is 3.49. The van der Waals surface area contributed by atoms with Crippen LogP contribution >= 0.6 is 0 Å². The molecule has 0 saturated carbocycles. The van der Waals surface area contributed by atoms with Gasteiger partial charge in [0.1, 0.15) is 0 Å². The van der Waals surface area contributed by atoms with Crippen LogP contribution in [0.3, 0.4) is 0 Å². The van der Waals surface area contributed by atoms with E-state index in [0.717, 1.165) is 17.8 Å². The lowest BCUT2D eigenvalue weighted by molar-refractivity contribution is -0.131. The van der Waals surface area contributed by atoms with Crippen LogP contribution in [0.5, 0.6) is 0 Å². The maximum atomic E-state index is 11.3. The topological polar surface area (TPSA) is 79.3 Å². The van der Waals surface area contributed by atoms with E-state index in [4.69, 9.17) is 5.11 Å². The Balaban J connectivity index is 2.73. The van der Waals surface area contributed by atoms with Crippen molar-refractivity contribution in [2.24, 2.45) is 0 Å². The Hall–Kier alpha value is -2.17. The number of aliphatic carboxylic acids is 1. The number of hydrogen-bond acceptors (Lipinski definition) is 3. The Bertz CT molecular complexity index is 453. The molecule has 1 aromatic heterocycles. The first kappa shape index (κ1) is 11.9. The highest BCUT2D eigenvalue weighted by Crippen LogP contribution is 2.12. The normalized spacial score (nSPS) is 10.4. The van der Waals surface area contributed by atoms with E-state index in [1.165, 1.54) is 0 Å². The van der Waals surface area contributed by atoms with Gasteiger partial charge < -0.3 is 10.4 Å². The number of nitrogens with zero attached hydrogens (tertiary/aromatic N) is 1. The number of carbonyl (C=O) groups excluding carboxylic acids is 1. The highest BCUT2D eigenvalue weighted by molar-refractivity contribution is 6.02. The van der Waals surface area contributed by atoms with Crippen LogP contribution in [0.15, 0.2) is 24.3 Å². The Kier molecular flexibility index (Phi) is 3.77. The predicted octanol–water partition coefficient (Wildman–Crippen LogP) is 1.28. The Morgan fingerprint density at radius 3 is 2.56 bits per heavy atom. The highest BCUT2D eigenvalue weighted by atomic mass is 16.4. The molecule has 0 atom stereocenters. The fourth-order valence-corrected chi connectivity index (χ4v) is 1.14. The Morgan fingerprint density at radius 2 is 2.00 bits per heavy atom. The number of amides is 1. The van der Waals surface area contributed by atoms with Gasteiger partial charge in [-0.3, -0.25) is 9.78 Å². The van der Waals surface area contributed by atoms with Crippen molar-refractivity contribution in [3.05, 3.63) is 35.7 Å². The minimum absolute atomic E-state index is 0.490. The van der Waals surface area contributed by atoms with Gasteiger partial charge in [0.05, 0.1) is 11.4 Å². The molecule has 0 unspecified atom stereocenters. The van der Waals surface area contributed by atoms with Crippen molar-refractivity contribution in [3.63, 3.8) is 0 Å². The number of carbonyl (C=O) groups is 2. The molecule has 1 rings (SSSR count). The van der Waals surface area contributed by atoms with E-state index in [1.807, 2.05) is 6.92 Å². The van der Waals surface area contributed by atoms with Crippen LogP contribution in [-0.2, 0) is 9.59 Å². The molecule has 0 fully saturated rings. The SMILES string of the molecule is Cc1ccc(NC(=O)C=CC(=O)O)c(C)n1. The average Bonchev–Trinajstić information content (AvgIpc) is 2.19. The van der Waals surface area contributed by atoms with Gasteiger partial charge in [0.15, 0.2) is 0 Å². The second-order valence-corrected chi connectivity index (χ2v) is 3.25. The van der Waals surface area contributed by atoms with E-state index in [1.54, 1.807) is 19.1 Å². The molecular formula is C11H12N2O3. The molecule has 2 N–H and O–H groups in total. The maximum absolute atomic E-state index is 11.3. The third-order valence-electron chi connectivity index (χ3n) is 1.86. The number of rotatable bonds is 3. The Morgan fingerprint density at radius 1 is 1.31 bits per heavy atom. The molecule has 0 spiro atoms. The number of nitrogens with one attached hydrogen (secondary N) is 1. The number of pyridine rings is 1. The van der Waals surface area contributed by atoms with Crippen molar-refractivity contribution in [2.75, 3.05) is 5.32 Å². The lowest BCUT2D eigenvalue weighted by atomic mass is 10.2. The number of anilines is 1. The Labute approximate surface area is 92.8 Å². The van der Waals surface area contributed by atoms with Gasteiger partial charge >= 0.3 is 5.97 Å². The summed E-state index contributed by atoms with van der Waals surface area (Å²) in [6.07, 6.45) is 1.74. The number of carboxylic acid groups (broad SMARTS) is 1. The molecule has 5 nitrogen and oxygen atoms in total. The molecule has 84 valence electrons. The average molecular weight is 220 g/mol. The second-order valence-electron chi connectivity index (χ2n) is 3.25. The van der Waals surface area contributed by atoms with Crippen LogP contribution in [-0.4, -0.2) is 22.0 Å². The van der Waals surface area contributed by atoms with Gasteiger partial charge in [-0.1, -0.05) is 0 Å². The summed E-state index contributed by atoms with van der Waals surface area (Å²) in [5, 5.41) is 10.9. The summed E-state index contributed by atoms with van der Waals surface area (Å²) in [7, 11) is 0. The molecule has 5 heteroatoms. The number of carboxylic acids is 1. The van der Waals surface area contributed by atoms with E-state index in [-0.39, 0.29) is 0 Å². The van der Waals surface area contributed by atoms with Crippen molar-refractivity contribution in [3.8, 4) is 0 Å². The van der Waals surface area contributed by atoms with Crippen molar-refractivity contribution in [1.82, 2.24) is 4.98 Å². The monoisotopic (exact) mass is 220 g/mol. The molecule has 0 saturated heterocycles. The molecule has 0 bridgehead atoms. The molecule has 1 amide bonds. The zero-order chi connectivity index (χ0) is 12.1. The smallest absolute Gasteiger partial charge is 0.328 e. The van der Waals surface area contributed by atoms with E-state index in [9.17, 15) is 9.59 Å². The van der Waals surface area contributed by atoms with E-state index >= 15 is 0 Å². The predicted molar refractivity (Wildman–Crippen MR) is 59.1 cm³/mol. The van der Waals surface area contributed by atoms with Gasteiger partial charge in [0.2, 0.25) is 5.91 Å². The van der Waals surface area contributed by atoms with Gasteiger partial charge in [-0.2, -0.15) is 0 Å². The first-order valence-corrected chi connectivity index (χ1v) is 4.65. The molecule has 0 radical (unpaired) electrons. The molecule has 16 heavy (non-hydrogen) atoms. The lowest BCUT2D eigenvalue weighted by Crippen LogP contribution is -2.10. The number of hydrogen-bond donors (Lipinski definition) is 2. The van der Waals surface area contributed by atoms with Gasteiger partial charge in [-0.15, -0.1) is 0 Å². The molecule has 1 aromatic rings. The van der Waals surface area contributed by atoms with Crippen molar-refractivity contribution in [1.29, 1.82) is 0 Å². The number of aryl methyl sites for hydroxylation is 2. The van der Waals surface area contributed by atoms with Gasteiger partial charge in [-0.05, 0) is 26.0 Å². The second kappa shape index (κ2) is 5.06. The summed E-state index contributed by atoms with van der Waals surface area (Å²) >= 11 is 0. The van der Waals surface area contributed by atoms with Crippen LogP contribution in [0, 0.1) is 13.8 Å². The van der Waals surface area contributed by atoms with Crippen LogP contribution in [0.2, 0.25) is 0 Å². The number of aromatic nitrogens is 1. The summed E-state index contributed by atoms with van der Waals surface area (Å²) in [5.74, 6) is -1.65. The largest absolute Gasteiger partial charge is 0.478 e. The summed E-state index contributed by atoms with van der Waals surface area (Å²) in [5.41, 5.74) is 2.12. The summed E-state index contributed by atoms with van der Waals surface area (Å²) in [6.45, 7) is 3.62. The zero-order valence-corrected chi connectivity index (χ0v) is 9.02. The third-order valence-corrected chi connectivity index (χ3v) is 1.86. The zero-order valence-electron chi connectivity index (χ0n) is 9.02. The minimum atomic E-state index is -1.16. The highest BCUT2D eigenvalue weighted by Gasteiger charge is 2.02. The minimum Gasteiger partial charge on any atom is -0.478 e. The van der Waals surface area contributed by atoms with Crippen molar-refractivity contribution >= 4 is 17.6 Å². The van der Waals surface area contributed by atoms with Gasteiger partial charge in [-0.25, -0.2) is 4.79 Å². The fraction of sp³-hybridized carbons (Fsp3) is 0.182. The molecule has 0 aromatic carbocycles. The molecule has 1 heterocycles. The van der Waals surface area contributed by atoms with E-state index in [0.29, 0.717) is 11.4 Å². The first-order valence-electron chi connectivity index (χ1n) is 4.65. The first-order chi connectivity index (χ1) is 7.49. The van der Waals surface area contributed by atoms with E-state index in [2.05, 4.69) is 10.3 Å². The maximum Gasteiger partial charge on any atom is 0.328 e. The van der Waals surface area contributed by atoms with Crippen LogP contribution < -0.4 is 5.32 Å².